The molecular weight excluding hydrogens is 233 g/mol. The van der Waals surface area contributed by atoms with E-state index in [-0.39, 0.29) is 34.6 Å². The van der Waals surface area contributed by atoms with Gasteiger partial charge in [-0.25, -0.2) is 8.42 Å². The number of rotatable bonds is 0. The molecule has 0 unspecified atom stereocenters. The molecule has 0 aliphatic carbocycles. The normalized spacial score (nSPS) is 8.50. The van der Waals surface area contributed by atoms with Crippen molar-refractivity contribution < 1.29 is 23.2 Å². The minimum atomic E-state index is -3.12. The topological polar surface area (TPSA) is 94.8 Å². The van der Waals surface area contributed by atoms with E-state index in [9.17, 15) is 0 Å². The van der Waals surface area contributed by atoms with Crippen LogP contribution in [0.1, 0.15) is 0 Å². The third-order valence-electron chi connectivity index (χ3n) is 1.06. The summed E-state index contributed by atoms with van der Waals surface area (Å²) in [7, 11) is -3.12. The van der Waals surface area contributed by atoms with Crippen LogP contribution < -0.4 is 3.69 Å². The van der Waals surface area contributed by atoms with Crippen LogP contribution in [0.3, 0.4) is 0 Å². The molecule has 1 aromatic carbocycles. The molecule has 0 saturated carbocycles. The highest BCUT2D eigenvalue weighted by Crippen LogP contribution is 2.10. The van der Waals surface area contributed by atoms with E-state index in [2.05, 4.69) is 0 Å². The molecule has 0 saturated heterocycles. The highest BCUT2D eigenvalue weighted by atomic mass is 32.2. The van der Waals surface area contributed by atoms with Gasteiger partial charge in [-0.05, 0) is 12.1 Å². The van der Waals surface area contributed by atoms with Crippen molar-refractivity contribution in [1.29, 1.82) is 0 Å². The third kappa shape index (κ3) is 8.84. The van der Waals surface area contributed by atoms with Crippen molar-refractivity contribution in [3.63, 3.8) is 0 Å². The van der Waals surface area contributed by atoms with Crippen molar-refractivity contribution in [1.82, 2.24) is 0 Å². The van der Waals surface area contributed by atoms with Crippen LogP contribution >= 0.6 is 0 Å². The molecule has 71 valence electrons. The maximum absolute atomic E-state index is 8.94. The number of phenolic OH excluding ortho intramolecular Hbond substituents is 2. The maximum Gasteiger partial charge on any atom is 1.47 e. The Hall–Kier alpha value is 0.262. The lowest BCUT2D eigenvalue weighted by molar-refractivity contribution is 0.463. The molecule has 1 aromatic rings. The lowest BCUT2D eigenvalue weighted by atomic mass is 10.3. The van der Waals surface area contributed by atoms with Crippen LogP contribution in [0.15, 0.2) is 18.2 Å². The van der Waals surface area contributed by atoms with Crippen LogP contribution in [0.2, 0.25) is 0 Å². The fraction of sp³-hybridized carbons (Fsp3) is 0. The highest BCUT2D eigenvalue weighted by Gasteiger charge is 2.36. The smallest absolute Gasteiger partial charge is 0.508 e. The van der Waals surface area contributed by atoms with Crippen molar-refractivity contribution in [3.05, 3.63) is 18.2 Å². The predicted molar refractivity (Wildman–Crippen MR) is 56.6 cm³/mol. The van der Waals surface area contributed by atoms with Gasteiger partial charge in [-0.2, -0.15) is 0 Å². The highest BCUT2D eigenvalue weighted by molar-refractivity contribution is 7.66. The molecule has 8 heteroatoms. The van der Waals surface area contributed by atoms with Crippen molar-refractivity contribution in [2.24, 2.45) is 0 Å². The van der Waals surface area contributed by atoms with Gasteiger partial charge in [0.1, 0.15) is 5.75 Å². The minimum absolute atomic E-state index is 0. The fourth-order valence-electron chi connectivity index (χ4n) is 0.572. The number of hydrogen-bond donors (Lipinski definition) is 4. The summed E-state index contributed by atoms with van der Waals surface area (Å²) in [6.45, 7) is 0. The molecule has 0 aliphatic heterocycles. The number of phenols is 2. The molecule has 5 nitrogen and oxygen atoms in total. The second kappa shape index (κ2) is 8.56. The monoisotopic (exact) mass is 241 g/mol. The van der Waals surface area contributed by atoms with Gasteiger partial charge in [0.15, 0.2) is 5.75 Å². The lowest BCUT2D eigenvalue weighted by Gasteiger charge is -1.85. The zero-order valence-corrected chi connectivity index (χ0v) is 8.85. The molecule has 0 amide bonds. The number of benzene rings is 1. The molecule has 0 heterocycles. The SMILES string of the molecule is O=[SH](=O)O.Oc1ccc(O)[c]([Mg+2])c1.[MgH2]. The number of aromatic hydroxyl groups is 2. The quantitative estimate of drug-likeness (QED) is 0.183. The van der Waals surface area contributed by atoms with Crippen molar-refractivity contribution in [2.45, 2.75) is 0 Å². The Labute approximate surface area is 112 Å². The molecule has 0 aliphatic rings. The summed E-state index contributed by atoms with van der Waals surface area (Å²) >= 11 is 1.54. The molecule has 0 bridgehead atoms. The fourth-order valence-corrected chi connectivity index (χ4v) is 0.899. The largest absolute Gasteiger partial charge is 1.47 e. The molecule has 0 spiro atoms. The first kappa shape index (κ1) is 16.7. The second-order valence-corrected chi connectivity index (χ2v) is 3.29. The average molecular weight is 242 g/mol. The molecule has 3 N–H and O–H groups in total. The molecular formula is C6H9Mg2O5S+2. The van der Waals surface area contributed by atoms with Crippen LogP contribution in [-0.4, -0.2) is 67.9 Å². The Morgan fingerprint density at radius 1 is 1.21 bits per heavy atom. The van der Waals surface area contributed by atoms with Crippen molar-refractivity contribution >= 4 is 59.4 Å². The van der Waals surface area contributed by atoms with Crippen LogP contribution in [0.5, 0.6) is 11.5 Å². The van der Waals surface area contributed by atoms with Crippen LogP contribution in [0.4, 0.5) is 0 Å². The summed E-state index contributed by atoms with van der Waals surface area (Å²) < 4.78 is 24.9. The summed E-state index contributed by atoms with van der Waals surface area (Å²) in [5, 5.41) is 17.8. The second-order valence-electron chi connectivity index (χ2n) is 2.05. The summed E-state index contributed by atoms with van der Waals surface area (Å²) in [6, 6.07) is 4.44. The van der Waals surface area contributed by atoms with Gasteiger partial charge < -0.3 is 10.2 Å². The first-order valence-electron chi connectivity index (χ1n) is 3.10. The molecule has 1 rings (SSSR count). The standard InChI is InChI=1S/C6H5O2.2Mg.H2O3S.2H/c7-5-1-2-6(8)4-3-5;;;1-4(2)3;;/h1-3,7-8H;;;4H,(H,1,2,3);;/q;;+2;;;. The Kier molecular flexibility index (Phi) is 10.2. The lowest BCUT2D eigenvalue weighted by Crippen LogP contribution is -2.00. The molecule has 7 radical (unpaired) electrons. The van der Waals surface area contributed by atoms with Gasteiger partial charge in [-0.3, -0.25) is 4.55 Å². The Morgan fingerprint density at radius 3 is 1.93 bits per heavy atom. The van der Waals surface area contributed by atoms with Gasteiger partial charge in [0, 0.05) is 0 Å². The first-order valence-corrected chi connectivity index (χ1v) is 4.94. The number of thiol groups is 1. The molecule has 14 heavy (non-hydrogen) atoms. The van der Waals surface area contributed by atoms with Gasteiger partial charge in [0.05, 0.1) is 6.07 Å². The van der Waals surface area contributed by atoms with E-state index in [1.807, 2.05) is 0 Å². The van der Waals surface area contributed by atoms with E-state index in [1.54, 1.807) is 0 Å². The zero-order valence-electron chi connectivity index (χ0n) is 6.54. The van der Waals surface area contributed by atoms with Gasteiger partial charge in [0.25, 0.3) is 11.0 Å². The number of hydrogen-bond acceptors (Lipinski definition) is 4. The Morgan fingerprint density at radius 2 is 1.64 bits per heavy atom. The molecule has 0 aromatic heterocycles. The minimum Gasteiger partial charge on any atom is -0.508 e. The van der Waals surface area contributed by atoms with Gasteiger partial charge in [0.2, 0.25) is 0 Å². The average Bonchev–Trinajstić information content (AvgIpc) is 1.96. The van der Waals surface area contributed by atoms with E-state index in [4.69, 9.17) is 23.2 Å². The van der Waals surface area contributed by atoms with Crippen LogP contribution in [0, 0.1) is 0 Å². The van der Waals surface area contributed by atoms with Crippen LogP contribution in [-0.2, 0) is 11.0 Å². The predicted octanol–water partition coefficient (Wildman–Crippen LogP) is -1.95. The van der Waals surface area contributed by atoms with Gasteiger partial charge in [-0.15, -0.1) is 0 Å². The Bertz CT molecular complexity index is 344. The zero-order chi connectivity index (χ0) is 10.4. The van der Waals surface area contributed by atoms with E-state index < -0.39 is 11.0 Å². The van der Waals surface area contributed by atoms with Crippen LogP contribution in [0.25, 0.3) is 0 Å². The van der Waals surface area contributed by atoms with E-state index >= 15 is 0 Å². The van der Waals surface area contributed by atoms with E-state index in [1.165, 1.54) is 39.9 Å². The van der Waals surface area contributed by atoms with Gasteiger partial charge >= 0.3 is 48.5 Å². The molecule has 0 atom stereocenters. The van der Waals surface area contributed by atoms with Gasteiger partial charge in [-0.1, -0.05) is 0 Å². The van der Waals surface area contributed by atoms with Crippen molar-refractivity contribution in [3.8, 4) is 11.5 Å². The molecule has 0 fully saturated rings. The summed E-state index contributed by atoms with van der Waals surface area (Å²) in [6.07, 6.45) is 0. The van der Waals surface area contributed by atoms with E-state index in [0.29, 0.717) is 0 Å². The summed E-state index contributed by atoms with van der Waals surface area (Å²) in [4.78, 5) is 0. The summed E-state index contributed by atoms with van der Waals surface area (Å²) in [5.41, 5.74) is 0. The van der Waals surface area contributed by atoms with E-state index in [0.717, 1.165) is 3.69 Å². The Balaban J connectivity index is 0. The first-order chi connectivity index (χ1) is 5.93. The third-order valence-corrected chi connectivity index (χ3v) is 1.63. The summed E-state index contributed by atoms with van der Waals surface area (Å²) in [5.74, 6) is 0.420. The van der Waals surface area contributed by atoms with Crippen molar-refractivity contribution in [2.75, 3.05) is 0 Å². The maximum atomic E-state index is 8.94.